The topological polar surface area (TPSA) is 90.0 Å². The second kappa shape index (κ2) is 4.86. The molecule has 106 valence electrons. The van der Waals surface area contributed by atoms with Gasteiger partial charge in [0.25, 0.3) is 0 Å². The van der Waals surface area contributed by atoms with Crippen molar-refractivity contribution in [2.75, 3.05) is 0 Å². The molecule has 0 aliphatic heterocycles. The zero-order chi connectivity index (χ0) is 15.0. The van der Waals surface area contributed by atoms with Crippen LogP contribution in [-0.4, -0.2) is 30.6 Å². The summed E-state index contributed by atoms with van der Waals surface area (Å²) < 4.78 is 3.10. The van der Waals surface area contributed by atoms with E-state index in [9.17, 15) is 14.7 Å². The Hall–Kier alpha value is -2.96. The molecule has 0 aliphatic carbocycles. The molecule has 0 radical (unpaired) electrons. The predicted octanol–water partition coefficient (Wildman–Crippen LogP) is 0.876. The Morgan fingerprint density at radius 2 is 2.00 bits per heavy atom. The molecule has 21 heavy (non-hydrogen) atoms. The van der Waals surface area contributed by atoms with Gasteiger partial charge in [0, 0.05) is 12.4 Å². The number of hydrogen-bond acceptors (Lipinski definition) is 4. The van der Waals surface area contributed by atoms with E-state index in [4.69, 9.17) is 0 Å². The summed E-state index contributed by atoms with van der Waals surface area (Å²) in [6.45, 7) is 0.221. The first-order valence-electron chi connectivity index (χ1n) is 6.27. The fourth-order valence-electron chi connectivity index (χ4n) is 2.26. The lowest BCUT2D eigenvalue weighted by molar-refractivity contribution is 0.0695. The van der Waals surface area contributed by atoms with E-state index in [2.05, 4.69) is 10.2 Å². The Bertz CT molecular complexity index is 895. The molecule has 1 aromatic carbocycles. The summed E-state index contributed by atoms with van der Waals surface area (Å²) in [4.78, 5) is 23.0. The molecule has 0 unspecified atom stereocenters. The lowest BCUT2D eigenvalue weighted by atomic mass is 10.2. The van der Waals surface area contributed by atoms with E-state index in [-0.39, 0.29) is 17.5 Å². The number of benzene rings is 1. The smallest absolute Gasteiger partial charge is 0.339 e. The van der Waals surface area contributed by atoms with Gasteiger partial charge in [0.2, 0.25) is 5.43 Å². The van der Waals surface area contributed by atoms with Crippen molar-refractivity contribution in [1.82, 2.24) is 19.6 Å². The standard InChI is InChI=1S/C14H12N4O3/c1-17-12(10(6-15-17)14(20)21)8-18-11-5-3-2-4-9(11)13(19)7-16-18/h2-7H,8H2,1H3,(H,20,21). The van der Waals surface area contributed by atoms with Crippen LogP contribution in [0.4, 0.5) is 0 Å². The molecule has 0 saturated heterocycles. The van der Waals surface area contributed by atoms with E-state index in [1.165, 1.54) is 17.1 Å². The minimum Gasteiger partial charge on any atom is -0.478 e. The molecule has 0 amide bonds. The number of carboxylic acid groups (broad SMARTS) is 1. The second-order valence-electron chi connectivity index (χ2n) is 4.62. The molecular weight excluding hydrogens is 272 g/mol. The highest BCUT2D eigenvalue weighted by Crippen LogP contribution is 2.13. The van der Waals surface area contributed by atoms with Crippen LogP contribution in [0.3, 0.4) is 0 Å². The molecule has 7 nitrogen and oxygen atoms in total. The van der Waals surface area contributed by atoms with Gasteiger partial charge in [-0.1, -0.05) is 12.1 Å². The zero-order valence-electron chi connectivity index (χ0n) is 11.2. The van der Waals surface area contributed by atoms with E-state index >= 15 is 0 Å². The fourth-order valence-corrected chi connectivity index (χ4v) is 2.26. The lowest BCUT2D eigenvalue weighted by Gasteiger charge is -2.10. The summed E-state index contributed by atoms with van der Waals surface area (Å²) >= 11 is 0. The second-order valence-corrected chi connectivity index (χ2v) is 4.62. The maximum Gasteiger partial charge on any atom is 0.339 e. The van der Waals surface area contributed by atoms with E-state index < -0.39 is 5.97 Å². The van der Waals surface area contributed by atoms with Crippen molar-refractivity contribution in [2.45, 2.75) is 6.54 Å². The van der Waals surface area contributed by atoms with E-state index in [0.717, 1.165) is 0 Å². The quantitative estimate of drug-likeness (QED) is 0.771. The van der Waals surface area contributed by atoms with Gasteiger partial charge >= 0.3 is 5.97 Å². The van der Waals surface area contributed by atoms with Gasteiger partial charge in [0.15, 0.2) is 0 Å². The van der Waals surface area contributed by atoms with Gasteiger partial charge in [-0.15, -0.1) is 0 Å². The largest absolute Gasteiger partial charge is 0.478 e. The van der Waals surface area contributed by atoms with Crippen LogP contribution in [0, 0.1) is 0 Å². The van der Waals surface area contributed by atoms with Crippen molar-refractivity contribution in [1.29, 1.82) is 0 Å². The molecule has 0 fully saturated rings. The van der Waals surface area contributed by atoms with Gasteiger partial charge in [-0.2, -0.15) is 10.2 Å². The van der Waals surface area contributed by atoms with Crippen LogP contribution >= 0.6 is 0 Å². The molecular formula is C14H12N4O3. The van der Waals surface area contributed by atoms with E-state index in [1.807, 2.05) is 0 Å². The van der Waals surface area contributed by atoms with Crippen molar-refractivity contribution in [2.24, 2.45) is 7.05 Å². The lowest BCUT2D eigenvalue weighted by Crippen LogP contribution is -2.16. The van der Waals surface area contributed by atoms with E-state index in [1.54, 1.807) is 36.0 Å². The molecule has 0 saturated carbocycles. The number of carbonyl (C=O) groups is 1. The average molecular weight is 284 g/mol. The minimum atomic E-state index is -1.04. The number of hydrogen-bond donors (Lipinski definition) is 1. The minimum absolute atomic E-state index is 0.127. The van der Waals surface area contributed by atoms with Crippen LogP contribution in [0.2, 0.25) is 0 Å². The fraction of sp³-hybridized carbons (Fsp3) is 0.143. The average Bonchev–Trinajstić information content (AvgIpc) is 2.84. The molecule has 3 aromatic rings. The van der Waals surface area contributed by atoms with Crippen LogP contribution < -0.4 is 5.43 Å². The summed E-state index contributed by atoms with van der Waals surface area (Å²) in [5, 5.41) is 17.8. The number of para-hydroxylation sites is 1. The highest BCUT2D eigenvalue weighted by molar-refractivity contribution is 5.88. The maximum atomic E-state index is 11.8. The van der Waals surface area contributed by atoms with Crippen molar-refractivity contribution in [3.63, 3.8) is 0 Å². The van der Waals surface area contributed by atoms with Crippen LogP contribution in [-0.2, 0) is 13.6 Å². The summed E-state index contributed by atoms with van der Waals surface area (Å²) in [5.74, 6) is -1.04. The Balaban J connectivity index is 2.16. The summed E-state index contributed by atoms with van der Waals surface area (Å²) in [5.41, 5.74) is 1.14. The number of nitrogens with zero attached hydrogens (tertiary/aromatic N) is 4. The van der Waals surface area contributed by atoms with Crippen LogP contribution in [0.25, 0.3) is 10.9 Å². The van der Waals surface area contributed by atoms with Gasteiger partial charge in [-0.25, -0.2) is 4.79 Å². The molecule has 0 atom stereocenters. The van der Waals surface area contributed by atoms with Crippen LogP contribution in [0.1, 0.15) is 16.1 Å². The maximum absolute atomic E-state index is 11.8. The summed E-state index contributed by atoms with van der Waals surface area (Å²) in [7, 11) is 1.67. The van der Waals surface area contributed by atoms with Crippen LogP contribution in [0.5, 0.6) is 0 Å². The first-order valence-corrected chi connectivity index (χ1v) is 6.27. The summed E-state index contributed by atoms with van der Waals surface area (Å²) in [6, 6.07) is 7.08. The number of aromatic carboxylic acids is 1. The molecule has 2 heterocycles. The van der Waals surface area contributed by atoms with Crippen molar-refractivity contribution in [3.05, 3.63) is 58.1 Å². The first-order chi connectivity index (χ1) is 10.1. The number of rotatable bonds is 3. The Morgan fingerprint density at radius 1 is 1.24 bits per heavy atom. The molecule has 0 spiro atoms. The molecule has 0 aliphatic rings. The van der Waals surface area contributed by atoms with Gasteiger partial charge in [0.05, 0.1) is 30.1 Å². The third-order valence-electron chi connectivity index (χ3n) is 3.35. The Morgan fingerprint density at radius 3 is 2.76 bits per heavy atom. The number of carboxylic acids is 1. The molecule has 7 heteroatoms. The first kappa shape index (κ1) is 13.0. The number of aromatic nitrogens is 4. The monoisotopic (exact) mass is 284 g/mol. The molecule has 1 N–H and O–H groups in total. The van der Waals surface area contributed by atoms with Crippen molar-refractivity contribution < 1.29 is 9.90 Å². The Kier molecular flexibility index (Phi) is 3.02. The highest BCUT2D eigenvalue weighted by Gasteiger charge is 2.16. The zero-order valence-corrected chi connectivity index (χ0v) is 11.2. The third kappa shape index (κ3) is 2.18. The van der Waals surface area contributed by atoms with Gasteiger partial charge in [-0.3, -0.25) is 14.2 Å². The molecule has 2 aromatic heterocycles. The Labute approximate surface area is 119 Å². The van der Waals surface area contributed by atoms with E-state index in [0.29, 0.717) is 16.6 Å². The number of fused-ring (bicyclic) bond motifs is 1. The van der Waals surface area contributed by atoms with Gasteiger partial charge in [-0.05, 0) is 12.1 Å². The van der Waals surface area contributed by atoms with Crippen molar-refractivity contribution >= 4 is 16.9 Å². The molecule has 3 rings (SSSR count). The van der Waals surface area contributed by atoms with Crippen molar-refractivity contribution in [3.8, 4) is 0 Å². The highest BCUT2D eigenvalue weighted by atomic mass is 16.4. The normalized spacial score (nSPS) is 10.9. The third-order valence-corrected chi connectivity index (χ3v) is 3.35. The van der Waals surface area contributed by atoms with Gasteiger partial charge in [0.1, 0.15) is 5.56 Å². The van der Waals surface area contributed by atoms with Crippen LogP contribution in [0.15, 0.2) is 41.5 Å². The van der Waals surface area contributed by atoms with Gasteiger partial charge < -0.3 is 5.11 Å². The number of aryl methyl sites for hydroxylation is 1. The molecule has 0 bridgehead atoms. The SMILES string of the molecule is Cn1ncc(C(=O)O)c1Cn1ncc(=O)c2ccccc21. The predicted molar refractivity (Wildman–Crippen MR) is 75.3 cm³/mol. The summed E-state index contributed by atoms with van der Waals surface area (Å²) in [6.07, 6.45) is 2.54.